The highest BCUT2D eigenvalue weighted by Gasteiger charge is 2.38. The molecule has 2 aromatic carbocycles. The van der Waals surface area contributed by atoms with Crippen LogP contribution >= 0.6 is 0 Å². The number of hydrogen-bond acceptors (Lipinski definition) is 8. The molecule has 1 aliphatic heterocycles. The number of hydrogen-bond donors (Lipinski definition) is 4. The number of amides is 4. The fourth-order valence-corrected chi connectivity index (χ4v) is 4.12. The predicted octanol–water partition coefficient (Wildman–Crippen LogP) is 0.0962. The molecule has 40 heavy (non-hydrogen) atoms. The van der Waals surface area contributed by atoms with Gasteiger partial charge in [-0.2, -0.15) is 0 Å². The molecule has 1 fully saturated rings. The molecule has 0 aromatic heterocycles. The van der Waals surface area contributed by atoms with Crippen LogP contribution in [-0.4, -0.2) is 84.5 Å². The van der Waals surface area contributed by atoms with E-state index in [0.29, 0.717) is 18.5 Å². The fraction of sp³-hybridized carbons (Fsp3) is 0.333. The molecule has 3 rings (SSSR count). The number of methoxy groups -OCH3 is 1. The first-order valence-corrected chi connectivity index (χ1v) is 12.4. The van der Waals surface area contributed by atoms with E-state index in [2.05, 4.69) is 20.7 Å². The van der Waals surface area contributed by atoms with Gasteiger partial charge in [-0.15, -0.1) is 0 Å². The van der Waals surface area contributed by atoms with Crippen LogP contribution in [-0.2, 0) is 39.9 Å². The van der Waals surface area contributed by atoms with Crippen molar-refractivity contribution in [2.75, 3.05) is 32.1 Å². The lowest BCUT2D eigenvalue weighted by atomic mass is 10.0. The molecule has 4 amide bonds. The van der Waals surface area contributed by atoms with Gasteiger partial charge in [-0.25, -0.2) is 9.59 Å². The van der Waals surface area contributed by atoms with Crippen LogP contribution in [0.3, 0.4) is 0 Å². The third-order valence-electron chi connectivity index (χ3n) is 6.00. The van der Waals surface area contributed by atoms with E-state index in [4.69, 9.17) is 9.84 Å². The molecule has 1 heterocycles. The average Bonchev–Trinajstić information content (AvgIpc) is 3.44. The number of carbonyl (C=O) groups is 6. The molecular weight excluding hydrogens is 524 g/mol. The number of benzene rings is 2. The van der Waals surface area contributed by atoms with Crippen LogP contribution in [0.25, 0.3) is 0 Å². The van der Waals surface area contributed by atoms with Crippen molar-refractivity contribution in [2.45, 2.75) is 31.3 Å². The largest absolute Gasteiger partial charge is 0.482 e. The summed E-state index contributed by atoms with van der Waals surface area (Å²) >= 11 is 0. The Bertz CT molecular complexity index is 1250. The van der Waals surface area contributed by atoms with Crippen molar-refractivity contribution in [3.63, 3.8) is 0 Å². The van der Waals surface area contributed by atoms with E-state index in [1.807, 2.05) is 0 Å². The van der Waals surface area contributed by atoms with Crippen LogP contribution < -0.4 is 20.7 Å². The normalized spacial score (nSPS) is 14.9. The number of likely N-dealkylation sites (tertiary alicyclic amines) is 1. The van der Waals surface area contributed by atoms with Crippen LogP contribution in [0, 0.1) is 0 Å². The summed E-state index contributed by atoms with van der Waals surface area (Å²) in [6, 6.07) is 13.0. The van der Waals surface area contributed by atoms with E-state index >= 15 is 0 Å². The Morgan fingerprint density at radius 2 is 1.80 bits per heavy atom. The van der Waals surface area contributed by atoms with E-state index in [9.17, 15) is 28.8 Å². The molecular formula is C27H30N4O9. The summed E-state index contributed by atoms with van der Waals surface area (Å²) in [5, 5.41) is 16.5. The molecule has 0 aliphatic carbocycles. The summed E-state index contributed by atoms with van der Waals surface area (Å²) in [5.41, 5.74) is 1.08. The number of esters is 1. The highest BCUT2D eigenvalue weighted by atomic mass is 16.5. The van der Waals surface area contributed by atoms with Gasteiger partial charge in [0.2, 0.25) is 17.7 Å². The molecule has 1 aliphatic rings. The van der Waals surface area contributed by atoms with Gasteiger partial charge < -0.3 is 35.4 Å². The minimum atomic E-state index is -1.15. The third kappa shape index (κ3) is 8.55. The van der Waals surface area contributed by atoms with Crippen molar-refractivity contribution in [3.05, 3.63) is 60.2 Å². The quantitative estimate of drug-likeness (QED) is 0.221. The number of nitrogens with zero attached hydrogens (tertiary/aromatic N) is 1. The molecule has 0 radical (unpaired) electrons. The SMILES string of the molecule is COC(=O)C(=O)N1CCC[C@H]1C(=O)N[C@H](Cc1ccccc1)C(=O)NCC(=O)Nc1cccc(OCC(=O)O)c1. The second kappa shape index (κ2) is 14.3. The number of carboxylic acid groups (broad SMARTS) is 1. The smallest absolute Gasteiger partial charge is 0.396 e. The molecule has 212 valence electrons. The van der Waals surface area contributed by atoms with Gasteiger partial charge in [0.15, 0.2) is 6.61 Å². The highest BCUT2D eigenvalue weighted by molar-refractivity contribution is 6.32. The molecule has 2 aromatic rings. The van der Waals surface area contributed by atoms with Crippen molar-refractivity contribution in [1.82, 2.24) is 15.5 Å². The van der Waals surface area contributed by atoms with E-state index in [1.165, 1.54) is 12.1 Å². The van der Waals surface area contributed by atoms with E-state index in [-0.39, 0.29) is 18.7 Å². The van der Waals surface area contributed by atoms with Crippen molar-refractivity contribution in [3.8, 4) is 5.75 Å². The Hall–Kier alpha value is -4.94. The number of carbonyl (C=O) groups excluding carboxylic acids is 5. The van der Waals surface area contributed by atoms with Crippen LogP contribution in [0.15, 0.2) is 54.6 Å². The fourth-order valence-electron chi connectivity index (χ4n) is 4.12. The maximum absolute atomic E-state index is 13.1. The lowest BCUT2D eigenvalue weighted by Crippen LogP contribution is -2.55. The Morgan fingerprint density at radius 3 is 2.50 bits per heavy atom. The lowest BCUT2D eigenvalue weighted by Gasteiger charge is -2.25. The zero-order valence-corrected chi connectivity index (χ0v) is 21.8. The minimum absolute atomic E-state index is 0.112. The Labute approximate surface area is 229 Å². The van der Waals surface area contributed by atoms with Crippen LogP contribution in [0.5, 0.6) is 5.75 Å². The van der Waals surface area contributed by atoms with Crippen molar-refractivity contribution in [2.24, 2.45) is 0 Å². The van der Waals surface area contributed by atoms with Gasteiger partial charge >= 0.3 is 17.8 Å². The zero-order valence-electron chi connectivity index (χ0n) is 21.8. The number of rotatable bonds is 11. The third-order valence-corrected chi connectivity index (χ3v) is 6.00. The standard InChI is InChI=1S/C27H30N4O9/c1-39-27(38)26(37)31-12-6-11-21(31)25(36)30-20(13-17-7-3-2-4-8-17)24(35)28-15-22(32)29-18-9-5-10-19(14-18)40-16-23(33)34/h2-5,7-10,14,20-21H,6,11-13,15-16H2,1H3,(H,28,35)(H,29,32)(H,30,36)(H,33,34)/t20-,21+/m1/s1. The molecule has 0 bridgehead atoms. The van der Waals surface area contributed by atoms with Gasteiger partial charge in [-0.05, 0) is 30.5 Å². The molecule has 0 unspecified atom stereocenters. The lowest BCUT2D eigenvalue weighted by molar-refractivity contribution is -0.159. The molecule has 0 spiro atoms. The second-order valence-electron chi connectivity index (χ2n) is 8.88. The highest BCUT2D eigenvalue weighted by Crippen LogP contribution is 2.19. The van der Waals surface area contributed by atoms with Gasteiger partial charge in [-0.1, -0.05) is 36.4 Å². The van der Waals surface area contributed by atoms with Gasteiger partial charge in [-0.3, -0.25) is 19.2 Å². The Kier molecular flexibility index (Phi) is 10.6. The minimum Gasteiger partial charge on any atom is -0.482 e. The van der Waals surface area contributed by atoms with Crippen LogP contribution in [0.4, 0.5) is 5.69 Å². The van der Waals surface area contributed by atoms with Gasteiger partial charge in [0, 0.05) is 24.7 Å². The molecule has 4 N–H and O–H groups in total. The van der Waals surface area contributed by atoms with Crippen molar-refractivity contribution < 1.29 is 43.3 Å². The molecule has 0 saturated carbocycles. The van der Waals surface area contributed by atoms with Gasteiger partial charge in [0.05, 0.1) is 13.7 Å². The number of ether oxygens (including phenoxy) is 2. The topological polar surface area (TPSA) is 180 Å². The maximum Gasteiger partial charge on any atom is 0.396 e. The Morgan fingerprint density at radius 1 is 1.05 bits per heavy atom. The maximum atomic E-state index is 13.1. The summed E-state index contributed by atoms with van der Waals surface area (Å²) in [4.78, 5) is 74.5. The van der Waals surface area contributed by atoms with E-state index in [0.717, 1.165) is 17.6 Å². The second-order valence-corrected chi connectivity index (χ2v) is 8.88. The number of carboxylic acids is 1. The summed E-state index contributed by atoms with van der Waals surface area (Å²) in [6.45, 7) is -0.766. The summed E-state index contributed by atoms with van der Waals surface area (Å²) in [5.74, 6) is -4.73. The molecule has 13 heteroatoms. The van der Waals surface area contributed by atoms with Gasteiger partial charge in [0.1, 0.15) is 17.8 Å². The number of anilines is 1. The van der Waals surface area contributed by atoms with E-state index < -0.39 is 60.8 Å². The first kappa shape index (κ1) is 29.6. The zero-order chi connectivity index (χ0) is 29.1. The van der Waals surface area contributed by atoms with E-state index in [1.54, 1.807) is 42.5 Å². The van der Waals surface area contributed by atoms with Crippen LogP contribution in [0.2, 0.25) is 0 Å². The number of aliphatic carboxylic acids is 1. The van der Waals surface area contributed by atoms with Crippen LogP contribution in [0.1, 0.15) is 18.4 Å². The molecule has 2 atom stereocenters. The van der Waals surface area contributed by atoms with Crippen molar-refractivity contribution in [1.29, 1.82) is 0 Å². The average molecular weight is 555 g/mol. The summed E-state index contributed by atoms with van der Waals surface area (Å²) in [7, 11) is 1.08. The molecule has 1 saturated heterocycles. The first-order chi connectivity index (χ1) is 19.2. The predicted molar refractivity (Wildman–Crippen MR) is 140 cm³/mol. The number of nitrogens with one attached hydrogen (secondary N) is 3. The summed E-state index contributed by atoms with van der Waals surface area (Å²) in [6.07, 6.45) is 0.922. The Balaban J connectivity index is 1.64. The molecule has 13 nitrogen and oxygen atoms in total. The van der Waals surface area contributed by atoms with Crippen molar-refractivity contribution >= 4 is 41.3 Å². The van der Waals surface area contributed by atoms with Gasteiger partial charge in [0.25, 0.3) is 0 Å². The first-order valence-electron chi connectivity index (χ1n) is 12.4. The monoisotopic (exact) mass is 554 g/mol. The summed E-state index contributed by atoms with van der Waals surface area (Å²) < 4.78 is 9.57.